The van der Waals surface area contributed by atoms with Crippen molar-refractivity contribution in [3.8, 4) is 11.5 Å². The lowest BCUT2D eigenvalue weighted by molar-refractivity contribution is 0.482. The van der Waals surface area contributed by atoms with Gasteiger partial charge in [-0.1, -0.05) is 36.4 Å². The van der Waals surface area contributed by atoms with Gasteiger partial charge >= 0.3 is 0 Å². The Morgan fingerprint density at radius 3 is 2.28 bits per heavy atom. The summed E-state index contributed by atoms with van der Waals surface area (Å²) in [4.78, 5) is 0. The molecular formula is C22H22N2O. The van der Waals surface area contributed by atoms with E-state index in [-0.39, 0.29) is 0 Å². The second kappa shape index (κ2) is 8.15. The summed E-state index contributed by atoms with van der Waals surface area (Å²) in [6.07, 6.45) is 1.81. The maximum Gasteiger partial charge on any atom is 0.127 e. The van der Waals surface area contributed by atoms with E-state index in [2.05, 4.69) is 48.6 Å². The largest absolute Gasteiger partial charge is 0.457 e. The van der Waals surface area contributed by atoms with E-state index in [4.69, 9.17) is 4.74 Å². The molecule has 0 atom stereocenters. The van der Waals surface area contributed by atoms with Crippen LogP contribution in [0.15, 0.2) is 77.9 Å². The van der Waals surface area contributed by atoms with Crippen molar-refractivity contribution >= 4 is 6.21 Å². The molecule has 0 radical (unpaired) electrons. The Hall–Kier alpha value is -3.07. The van der Waals surface area contributed by atoms with E-state index >= 15 is 0 Å². The van der Waals surface area contributed by atoms with Crippen molar-refractivity contribution in [2.24, 2.45) is 5.10 Å². The van der Waals surface area contributed by atoms with Crippen LogP contribution in [0.3, 0.4) is 0 Å². The van der Waals surface area contributed by atoms with E-state index in [0.29, 0.717) is 6.54 Å². The molecule has 0 saturated carbocycles. The minimum Gasteiger partial charge on any atom is -0.457 e. The van der Waals surface area contributed by atoms with Crippen molar-refractivity contribution in [2.75, 3.05) is 0 Å². The van der Waals surface area contributed by atoms with Crippen molar-refractivity contribution in [3.05, 3.63) is 95.1 Å². The number of benzene rings is 3. The molecule has 0 unspecified atom stereocenters. The predicted molar refractivity (Wildman–Crippen MR) is 103 cm³/mol. The van der Waals surface area contributed by atoms with Gasteiger partial charge in [-0.05, 0) is 72.5 Å². The van der Waals surface area contributed by atoms with Crippen molar-refractivity contribution < 1.29 is 4.74 Å². The molecule has 3 aromatic carbocycles. The van der Waals surface area contributed by atoms with Gasteiger partial charge in [0.2, 0.25) is 0 Å². The first-order chi connectivity index (χ1) is 12.2. The van der Waals surface area contributed by atoms with Gasteiger partial charge in [0.05, 0.1) is 12.8 Å². The summed E-state index contributed by atoms with van der Waals surface area (Å²) in [5.74, 6) is 1.67. The Labute approximate surface area is 149 Å². The van der Waals surface area contributed by atoms with Crippen LogP contribution in [0.4, 0.5) is 0 Å². The van der Waals surface area contributed by atoms with Crippen LogP contribution in [0.2, 0.25) is 0 Å². The highest BCUT2D eigenvalue weighted by Gasteiger charge is 1.99. The fourth-order valence-corrected chi connectivity index (χ4v) is 2.39. The molecule has 0 heterocycles. The molecule has 0 fully saturated rings. The molecule has 0 aliphatic heterocycles. The van der Waals surface area contributed by atoms with E-state index in [1.54, 1.807) is 0 Å². The minimum atomic E-state index is 0.714. The molecule has 3 nitrogen and oxygen atoms in total. The monoisotopic (exact) mass is 330 g/mol. The Balaban J connectivity index is 1.54. The standard InChI is InChI=1S/C22H22N2O/c1-17-8-11-22(14-18(17)2)25-21-12-9-20(10-13-21)16-24-23-15-19-6-4-3-5-7-19/h3-14,16,23H,15H2,1-2H3. The number of nitrogens with one attached hydrogen (secondary N) is 1. The average molecular weight is 330 g/mol. The Morgan fingerprint density at radius 1 is 0.840 bits per heavy atom. The van der Waals surface area contributed by atoms with E-state index in [9.17, 15) is 0 Å². The summed E-state index contributed by atoms with van der Waals surface area (Å²) < 4.78 is 5.89. The fraction of sp³-hybridized carbons (Fsp3) is 0.136. The van der Waals surface area contributed by atoms with Crippen molar-refractivity contribution in [2.45, 2.75) is 20.4 Å². The van der Waals surface area contributed by atoms with Gasteiger partial charge in [0.1, 0.15) is 11.5 Å². The molecule has 3 rings (SSSR count). The molecule has 3 aromatic rings. The fourth-order valence-electron chi connectivity index (χ4n) is 2.39. The van der Waals surface area contributed by atoms with Crippen LogP contribution in [0.1, 0.15) is 22.3 Å². The molecule has 0 aromatic heterocycles. The van der Waals surface area contributed by atoms with Crippen molar-refractivity contribution in [1.29, 1.82) is 0 Å². The first-order valence-corrected chi connectivity index (χ1v) is 8.36. The zero-order chi connectivity index (χ0) is 17.5. The van der Waals surface area contributed by atoms with Gasteiger partial charge in [0.15, 0.2) is 0 Å². The van der Waals surface area contributed by atoms with Crippen LogP contribution in [0.5, 0.6) is 11.5 Å². The summed E-state index contributed by atoms with van der Waals surface area (Å²) >= 11 is 0. The topological polar surface area (TPSA) is 33.6 Å². The van der Waals surface area contributed by atoms with E-state index in [1.165, 1.54) is 16.7 Å². The van der Waals surface area contributed by atoms with E-state index in [1.807, 2.05) is 54.7 Å². The summed E-state index contributed by atoms with van der Waals surface area (Å²) in [7, 11) is 0. The summed E-state index contributed by atoms with van der Waals surface area (Å²) in [5, 5.41) is 4.26. The molecule has 0 saturated heterocycles. The lowest BCUT2D eigenvalue weighted by Gasteiger charge is -2.08. The smallest absolute Gasteiger partial charge is 0.127 e. The Kier molecular flexibility index (Phi) is 5.47. The molecule has 0 aliphatic carbocycles. The first kappa shape index (κ1) is 16.8. The lowest BCUT2D eigenvalue weighted by Crippen LogP contribution is -2.05. The van der Waals surface area contributed by atoms with Gasteiger partial charge in [-0.2, -0.15) is 5.10 Å². The Bertz CT molecular complexity index is 840. The molecule has 0 bridgehead atoms. The quantitative estimate of drug-likeness (QED) is 0.496. The second-order valence-corrected chi connectivity index (χ2v) is 6.00. The molecule has 0 spiro atoms. The summed E-state index contributed by atoms with van der Waals surface area (Å²) in [6.45, 7) is 4.90. The maximum atomic E-state index is 5.89. The number of hydrogen-bond acceptors (Lipinski definition) is 3. The highest BCUT2D eigenvalue weighted by molar-refractivity contribution is 5.79. The Morgan fingerprint density at radius 2 is 1.56 bits per heavy atom. The molecule has 126 valence electrons. The van der Waals surface area contributed by atoms with Gasteiger partial charge in [0.25, 0.3) is 0 Å². The lowest BCUT2D eigenvalue weighted by atomic mass is 10.1. The third kappa shape index (κ3) is 4.95. The number of hydrogen-bond donors (Lipinski definition) is 1. The van der Waals surface area contributed by atoms with Crippen LogP contribution < -0.4 is 10.2 Å². The van der Waals surface area contributed by atoms with Crippen LogP contribution in [0.25, 0.3) is 0 Å². The molecule has 25 heavy (non-hydrogen) atoms. The number of rotatable bonds is 6. The third-order valence-corrected chi connectivity index (χ3v) is 4.03. The number of aryl methyl sites for hydroxylation is 2. The van der Waals surface area contributed by atoms with Crippen LogP contribution in [0, 0.1) is 13.8 Å². The number of hydrazone groups is 1. The number of ether oxygens (including phenoxy) is 1. The average Bonchev–Trinajstić information content (AvgIpc) is 2.64. The van der Waals surface area contributed by atoms with Gasteiger partial charge in [0, 0.05) is 0 Å². The zero-order valence-electron chi connectivity index (χ0n) is 14.6. The highest BCUT2D eigenvalue weighted by atomic mass is 16.5. The molecule has 1 N–H and O–H groups in total. The number of nitrogens with zero attached hydrogens (tertiary/aromatic N) is 1. The van der Waals surface area contributed by atoms with E-state index < -0.39 is 0 Å². The molecule has 0 amide bonds. The minimum absolute atomic E-state index is 0.714. The predicted octanol–water partition coefficient (Wildman–Crippen LogP) is 5.22. The van der Waals surface area contributed by atoms with Gasteiger partial charge in [-0.3, -0.25) is 0 Å². The molecule has 3 heteroatoms. The van der Waals surface area contributed by atoms with Gasteiger partial charge in [-0.15, -0.1) is 0 Å². The first-order valence-electron chi connectivity index (χ1n) is 8.36. The van der Waals surface area contributed by atoms with Crippen LogP contribution in [-0.4, -0.2) is 6.21 Å². The van der Waals surface area contributed by atoms with Crippen molar-refractivity contribution in [3.63, 3.8) is 0 Å². The molecular weight excluding hydrogens is 308 g/mol. The highest BCUT2D eigenvalue weighted by Crippen LogP contribution is 2.23. The third-order valence-electron chi connectivity index (χ3n) is 4.03. The SMILES string of the molecule is Cc1ccc(Oc2ccc(C=NNCc3ccccc3)cc2)cc1C. The zero-order valence-corrected chi connectivity index (χ0v) is 14.6. The summed E-state index contributed by atoms with van der Waals surface area (Å²) in [6, 6.07) is 24.2. The van der Waals surface area contributed by atoms with E-state index in [0.717, 1.165) is 17.1 Å². The summed E-state index contributed by atoms with van der Waals surface area (Å²) in [5.41, 5.74) is 7.77. The molecule has 0 aliphatic rings. The van der Waals surface area contributed by atoms with Gasteiger partial charge < -0.3 is 10.2 Å². The van der Waals surface area contributed by atoms with Gasteiger partial charge in [-0.25, -0.2) is 0 Å². The normalized spacial score (nSPS) is 10.8. The second-order valence-electron chi connectivity index (χ2n) is 6.00. The van der Waals surface area contributed by atoms with Crippen molar-refractivity contribution in [1.82, 2.24) is 5.43 Å². The van der Waals surface area contributed by atoms with Crippen LogP contribution in [-0.2, 0) is 6.54 Å². The van der Waals surface area contributed by atoms with Crippen LogP contribution >= 0.6 is 0 Å². The maximum absolute atomic E-state index is 5.89.